The molecule has 1 aromatic heterocycles. The van der Waals surface area contributed by atoms with E-state index in [1.54, 1.807) is 12.3 Å². The number of nitrogens with zero attached hydrogens (tertiary/aromatic N) is 1. The first-order chi connectivity index (χ1) is 9.69. The van der Waals surface area contributed by atoms with Crippen molar-refractivity contribution in [1.82, 2.24) is 10.3 Å². The van der Waals surface area contributed by atoms with E-state index in [9.17, 15) is 4.79 Å². The first-order valence-electron chi connectivity index (χ1n) is 7.72. The molecule has 0 aliphatic heterocycles. The van der Waals surface area contributed by atoms with Gasteiger partial charge in [-0.2, -0.15) is 0 Å². The van der Waals surface area contributed by atoms with Crippen LogP contribution in [0.5, 0.6) is 0 Å². The first-order valence-corrected chi connectivity index (χ1v) is 7.72. The molecule has 1 unspecified atom stereocenters. The van der Waals surface area contributed by atoms with Gasteiger partial charge < -0.3 is 10.6 Å². The van der Waals surface area contributed by atoms with Crippen LogP contribution < -0.4 is 10.6 Å². The third kappa shape index (κ3) is 4.22. The zero-order valence-corrected chi connectivity index (χ0v) is 12.5. The Morgan fingerprint density at radius 3 is 2.70 bits per heavy atom. The molecule has 4 nitrogen and oxygen atoms in total. The van der Waals surface area contributed by atoms with Crippen molar-refractivity contribution in [2.75, 3.05) is 5.32 Å². The normalized spacial score (nSPS) is 17.5. The molecule has 1 aliphatic rings. The van der Waals surface area contributed by atoms with Crippen LogP contribution in [0.4, 0.5) is 5.69 Å². The fourth-order valence-corrected chi connectivity index (χ4v) is 2.51. The summed E-state index contributed by atoms with van der Waals surface area (Å²) in [5.74, 6) is -0.0491. The second-order valence-electron chi connectivity index (χ2n) is 5.69. The van der Waals surface area contributed by atoms with Gasteiger partial charge in [-0.3, -0.25) is 4.79 Å². The molecular formula is C16H25N3O. The van der Waals surface area contributed by atoms with Crippen LogP contribution in [0, 0.1) is 0 Å². The summed E-state index contributed by atoms with van der Waals surface area (Å²) in [5.41, 5.74) is 1.47. The molecule has 1 heterocycles. The van der Waals surface area contributed by atoms with Crippen molar-refractivity contribution in [3.63, 3.8) is 0 Å². The zero-order valence-electron chi connectivity index (χ0n) is 12.5. The van der Waals surface area contributed by atoms with Gasteiger partial charge in [-0.15, -0.1) is 0 Å². The van der Waals surface area contributed by atoms with Gasteiger partial charge in [-0.25, -0.2) is 4.98 Å². The van der Waals surface area contributed by atoms with Gasteiger partial charge in [0.15, 0.2) is 0 Å². The first kappa shape index (κ1) is 14.8. The summed E-state index contributed by atoms with van der Waals surface area (Å²) in [4.78, 5) is 16.4. The maximum atomic E-state index is 12.1. The molecule has 1 atom stereocenters. The summed E-state index contributed by atoms with van der Waals surface area (Å²) in [6.45, 7) is 4.26. The van der Waals surface area contributed by atoms with Gasteiger partial charge >= 0.3 is 0 Å². The molecule has 1 saturated carbocycles. The van der Waals surface area contributed by atoms with Crippen molar-refractivity contribution >= 4 is 11.6 Å². The van der Waals surface area contributed by atoms with Crippen LogP contribution in [-0.4, -0.2) is 23.0 Å². The Hall–Kier alpha value is -1.58. The van der Waals surface area contributed by atoms with Gasteiger partial charge in [-0.05, 0) is 38.3 Å². The number of aromatic nitrogens is 1. The lowest BCUT2D eigenvalue weighted by molar-refractivity contribution is 0.0922. The molecule has 2 rings (SSSR count). The molecule has 0 radical (unpaired) electrons. The second-order valence-corrected chi connectivity index (χ2v) is 5.69. The molecule has 0 saturated heterocycles. The minimum atomic E-state index is -0.0491. The van der Waals surface area contributed by atoms with E-state index in [-0.39, 0.29) is 5.91 Å². The van der Waals surface area contributed by atoms with Crippen molar-refractivity contribution in [3.05, 3.63) is 24.0 Å². The maximum absolute atomic E-state index is 12.1. The molecule has 1 amide bonds. The van der Waals surface area contributed by atoms with Crippen LogP contribution in [0.25, 0.3) is 0 Å². The highest BCUT2D eigenvalue weighted by Gasteiger charge is 2.17. The Labute approximate surface area is 121 Å². The molecule has 4 heteroatoms. The third-order valence-corrected chi connectivity index (χ3v) is 3.96. The minimum Gasteiger partial charge on any atom is -0.381 e. The molecule has 1 aromatic rings. The van der Waals surface area contributed by atoms with E-state index in [1.807, 2.05) is 6.07 Å². The monoisotopic (exact) mass is 275 g/mol. The maximum Gasteiger partial charge on any atom is 0.270 e. The van der Waals surface area contributed by atoms with Crippen molar-refractivity contribution in [1.29, 1.82) is 0 Å². The number of carbonyl (C=O) groups excluding carboxylic acids is 1. The summed E-state index contributed by atoms with van der Waals surface area (Å²) in [6, 6.07) is 4.47. The highest BCUT2D eigenvalue weighted by molar-refractivity contribution is 5.92. The smallest absolute Gasteiger partial charge is 0.270 e. The van der Waals surface area contributed by atoms with Crippen molar-refractivity contribution < 1.29 is 4.79 Å². The third-order valence-electron chi connectivity index (χ3n) is 3.96. The average Bonchev–Trinajstić information content (AvgIpc) is 2.49. The number of carbonyl (C=O) groups is 1. The predicted octanol–water partition coefficient (Wildman–Crippen LogP) is 3.35. The Balaban J connectivity index is 1.89. The highest BCUT2D eigenvalue weighted by atomic mass is 16.1. The van der Waals surface area contributed by atoms with Crippen LogP contribution in [0.1, 0.15) is 62.9 Å². The Kier molecular flexibility index (Phi) is 5.39. The number of pyridine rings is 1. The van der Waals surface area contributed by atoms with Crippen LogP contribution in [0.2, 0.25) is 0 Å². The van der Waals surface area contributed by atoms with Crippen LogP contribution in [0.3, 0.4) is 0 Å². The van der Waals surface area contributed by atoms with Crippen LogP contribution >= 0.6 is 0 Å². The molecule has 0 spiro atoms. The van der Waals surface area contributed by atoms with Gasteiger partial charge in [0, 0.05) is 12.1 Å². The number of nitrogens with one attached hydrogen (secondary N) is 2. The Bertz CT molecular complexity index is 424. The van der Waals surface area contributed by atoms with E-state index in [0.717, 1.165) is 24.9 Å². The minimum absolute atomic E-state index is 0.0491. The summed E-state index contributed by atoms with van der Waals surface area (Å²) in [7, 11) is 0. The molecule has 0 bridgehead atoms. The number of hydrogen-bond acceptors (Lipinski definition) is 3. The van der Waals surface area contributed by atoms with E-state index in [0.29, 0.717) is 17.8 Å². The van der Waals surface area contributed by atoms with E-state index in [1.165, 1.54) is 19.3 Å². The summed E-state index contributed by atoms with van der Waals surface area (Å²) < 4.78 is 0. The van der Waals surface area contributed by atoms with Gasteiger partial charge in [0.25, 0.3) is 5.91 Å². The standard InChI is InChI=1S/C16H25N3O/c1-3-12(2)18-14-9-10-15(17-11-14)16(20)19-13-7-5-4-6-8-13/h9-13,18H,3-8H2,1-2H3,(H,19,20). The fourth-order valence-electron chi connectivity index (χ4n) is 2.51. The number of amides is 1. The van der Waals surface area contributed by atoms with E-state index in [2.05, 4.69) is 29.5 Å². The largest absolute Gasteiger partial charge is 0.381 e. The lowest BCUT2D eigenvalue weighted by Crippen LogP contribution is -2.36. The topological polar surface area (TPSA) is 54.0 Å². The zero-order chi connectivity index (χ0) is 14.4. The van der Waals surface area contributed by atoms with Gasteiger partial charge in [-0.1, -0.05) is 26.2 Å². The molecule has 0 aromatic carbocycles. The predicted molar refractivity (Wildman–Crippen MR) is 82.0 cm³/mol. The van der Waals surface area contributed by atoms with Crippen molar-refractivity contribution in [2.24, 2.45) is 0 Å². The van der Waals surface area contributed by atoms with Gasteiger partial charge in [0.2, 0.25) is 0 Å². The summed E-state index contributed by atoms with van der Waals surface area (Å²) in [6.07, 6.45) is 8.72. The number of anilines is 1. The Morgan fingerprint density at radius 2 is 2.10 bits per heavy atom. The van der Waals surface area contributed by atoms with Crippen molar-refractivity contribution in [3.8, 4) is 0 Å². The summed E-state index contributed by atoms with van der Waals surface area (Å²) in [5, 5.41) is 6.43. The highest BCUT2D eigenvalue weighted by Crippen LogP contribution is 2.18. The van der Waals surface area contributed by atoms with Gasteiger partial charge in [0.05, 0.1) is 11.9 Å². The SMILES string of the molecule is CCC(C)Nc1ccc(C(=O)NC2CCCCC2)nc1. The van der Waals surface area contributed by atoms with E-state index >= 15 is 0 Å². The second kappa shape index (κ2) is 7.27. The molecule has 20 heavy (non-hydrogen) atoms. The molecular weight excluding hydrogens is 250 g/mol. The quantitative estimate of drug-likeness (QED) is 0.866. The lowest BCUT2D eigenvalue weighted by Gasteiger charge is -2.22. The molecule has 1 fully saturated rings. The fraction of sp³-hybridized carbons (Fsp3) is 0.625. The van der Waals surface area contributed by atoms with Crippen molar-refractivity contribution in [2.45, 2.75) is 64.5 Å². The molecule has 2 N–H and O–H groups in total. The molecule has 110 valence electrons. The summed E-state index contributed by atoms with van der Waals surface area (Å²) >= 11 is 0. The van der Waals surface area contributed by atoms with Gasteiger partial charge in [0.1, 0.15) is 5.69 Å². The van der Waals surface area contributed by atoms with E-state index < -0.39 is 0 Å². The van der Waals surface area contributed by atoms with E-state index in [4.69, 9.17) is 0 Å². The Morgan fingerprint density at radius 1 is 1.35 bits per heavy atom. The molecule has 1 aliphatic carbocycles. The number of hydrogen-bond donors (Lipinski definition) is 2. The number of rotatable bonds is 5. The average molecular weight is 275 g/mol. The lowest BCUT2D eigenvalue weighted by atomic mass is 9.95. The van der Waals surface area contributed by atoms with Crippen LogP contribution in [0.15, 0.2) is 18.3 Å². The van der Waals surface area contributed by atoms with Crippen LogP contribution in [-0.2, 0) is 0 Å².